The first-order chi connectivity index (χ1) is 12.8. The van der Waals surface area contributed by atoms with Gasteiger partial charge in [0, 0.05) is 32.0 Å². The van der Waals surface area contributed by atoms with Crippen LogP contribution in [0.15, 0.2) is 24.7 Å². The van der Waals surface area contributed by atoms with E-state index in [4.69, 9.17) is 5.10 Å². The Bertz CT molecular complexity index is 712. The van der Waals surface area contributed by atoms with Crippen molar-refractivity contribution in [2.75, 3.05) is 29.9 Å². The van der Waals surface area contributed by atoms with Crippen molar-refractivity contribution < 1.29 is 5.11 Å². The maximum Gasteiger partial charge on any atom is 0.134 e. The largest absolute Gasteiger partial charge is 0.396 e. The van der Waals surface area contributed by atoms with Gasteiger partial charge < -0.3 is 15.3 Å². The Morgan fingerprint density at radius 1 is 1.15 bits per heavy atom. The number of anilines is 2. The lowest BCUT2D eigenvalue weighted by Gasteiger charge is -2.32. The molecule has 7 nitrogen and oxygen atoms in total. The fraction of sp³-hybridized carbons (Fsp3) is 0.632. The van der Waals surface area contributed by atoms with Crippen molar-refractivity contribution in [3.63, 3.8) is 0 Å². The molecule has 0 radical (unpaired) electrons. The van der Waals surface area contributed by atoms with Crippen molar-refractivity contribution in [3.8, 4) is 0 Å². The first kappa shape index (κ1) is 17.3. The zero-order chi connectivity index (χ0) is 17.8. The van der Waals surface area contributed by atoms with E-state index in [1.165, 1.54) is 25.7 Å². The summed E-state index contributed by atoms with van der Waals surface area (Å²) < 4.78 is 2.12. The van der Waals surface area contributed by atoms with Crippen LogP contribution in [-0.4, -0.2) is 44.6 Å². The highest BCUT2D eigenvalue weighted by Crippen LogP contribution is 2.28. The molecule has 1 saturated heterocycles. The van der Waals surface area contributed by atoms with E-state index in [1.807, 2.05) is 6.07 Å². The van der Waals surface area contributed by atoms with Gasteiger partial charge in [-0.15, -0.1) is 0 Å². The van der Waals surface area contributed by atoms with Gasteiger partial charge in [-0.2, -0.15) is 5.10 Å². The lowest BCUT2D eigenvalue weighted by molar-refractivity contribution is 0.208. The number of aliphatic hydroxyl groups excluding tert-OH is 1. The van der Waals surface area contributed by atoms with E-state index < -0.39 is 0 Å². The molecule has 0 aromatic carbocycles. The smallest absolute Gasteiger partial charge is 0.134 e. The maximum absolute atomic E-state index is 9.42. The van der Waals surface area contributed by atoms with Crippen LogP contribution in [0.25, 0.3) is 0 Å². The van der Waals surface area contributed by atoms with Crippen LogP contribution in [0.3, 0.4) is 0 Å². The van der Waals surface area contributed by atoms with Crippen molar-refractivity contribution in [1.29, 1.82) is 0 Å². The molecule has 1 unspecified atom stereocenters. The molecule has 3 heterocycles. The Balaban J connectivity index is 1.36. The quantitative estimate of drug-likeness (QED) is 0.828. The van der Waals surface area contributed by atoms with Crippen molar-refractivity contribution in [2.24, 2.45) is 5.92 Å². The summed E-state index contributed by atoms with van der Waals surface area (Å²) in [5, 5.41) is 17.5. The third kappa shape index (κ3) is 3.98. The summed E-state index contributed by atoms with van der Waals surface area (Å²) in [6.45, 7) is 2.75. The average Bonchev–Trinajstić information content (AvgIpc) is 3.38. The van der Waals surface area contributed by atoms with E-state index in [1.54, 1.807) is 6.33 Å². The van der Waals surface area contributed by atoms with Gasteiger partial charge in [-0.1, -0.05) is 12.8 Å². The molecule has 2 N–H and O–H groups in total. The number of piperidine rings is 1. The summed E-state index contributed by atoms with van der Waals surface area (Å²) in [6.07, 6.45) is 11.0. The van der Waals surface area contributed by atoms with Gasteiger partial charge >= 0.3 is 0 Å². The van der Waals surface area contributed by atoms with Crippen LogP contribution in [0.4, 0.5) is 11.6 Å². The molecule has 0 spiro atoms. The van der Waals surface area contributed by atoms with Crippen LogP contribution in [-0.2, 0) is 6.54 Å². The molecule has 0 amide bonds. The highest BCUT2D eigenvalue weighted by molar-refractivity contribution is 5.48. The molecular formula is C19H28N6O. The topological polar surface area (TPSA) is 79.1 Å². The predicted octanol–water partition coefficient (Wildman–Crippen LogP) is 2.61. The monoisotopic (exact) mass is 356 g/mol. The van der Waals surface area contributed by atoms with E-state index in [0.29, 0.717) is 18.5 Å². The minimum atomic E-state index is 0.246. The first-order valence-corrected chi connectivity index (χ1v) is 9.77. The molecule has 140 valence electrons. The number of nitrogens with one attached hydrogen (secondary N) is 1. The molecule has 2 fully saturated rings. The second-order valence-electron chi connectivity index (χ2n) is 7.48. The summed E-state index contributed by atoms with van der Waals surface area (Å²) in [6, 6.07) is 4.66. The Labute approximate surface area is 154 Å². The lowest BCUT2D eigenvalue weighted by atomic mass is 9.99. The van der Waals surface area contributed by atoms with Crippen molar-refractivity contribution in [2.45, 2.75) is 51.1 Å². The molecule has 2 aliphatic rings. The molecule has 1 atom stereocenters. The molecule has 0 bridgehead atoms. The molecule has 1 aliphatic carbocycles. The van der Waals surface area contributed by atoms with Crippen LogP contribution in [0.2, 0.25) is 0 Å². The van der Waals surface area contributed by atoms with Gasteiger partial charge in [-0.05, 0) is 37.7 Å². The molecule has 4 rings (SSSR count). The third-order valence-corrected chi connectivity index (χ3v) is 5.57. The summed E-state index contributed by atoms with van der Waals surface area (Å²) in [7, 11) is 0. The molecule has 1 saturated carbocycles. The zero-order valence-electron chi connectivity index (χ0n) is 15.2. The van der Waals surface area contributed by atoms with Gasteiger partial charge in [0.2, 0.25) is 0 Å². The zero-order valence-corrected chi connectivity index (χ0v) is 15.2. The Morgan fingerprint density at radius 3 is 2.88 bits per heavy atom. The average molecular weight is 356 g/mol. The first-order valence-electron chi connectivity index (χ1n) is 9.77. The highest BCUT2D eigenvalue weighted by atomic mass is 16.3. The Kier molecular flexibility index (Phi) is 5.34. The standard InChI is InChI=1S/C19H28N6O/c26-13-15-4-3-8-24(12-15)19-10-18(21-14-22-19)20-11-16-7-9-25(23-16)17-5-1-2-6-17/h7,9-10,14-15,17,26H,1-6,8,11-13H2,(H,20,21,22). The molecule has 2 aromatic heterocycles. The number of hydrogen-bond donors (Lipinski definition) is 2. The summed E-state index contributed by atoms with van der Waals surface area (Å²) in [5.41, 5.74) is 1.04. The van der Waals surface area contributed by atoms with Gasteiger partial charge in [-0.25, -0.2) is 9.97 Å². The van der Waals surface area contributed by atoms with Crippen LogP contribution in [0.1, 0.15) is 50.3 Å². The number of nitrogens with zero attached hydrogens (tertiary/aromatic N) is 5. The predicted molar refractivity (Wildman–Crippen MR) is 101 cm³/mol. The van der Waals surface area contributed by atoms with Gasteiger partial charge in [0.05, 0.1) is 18.3 Å². The van der Waals surface area contributed by atoms with Gasteiger partial charge in [-0.3, -0.25) is 4.68 Å². The van der Waals surface area contributed by atoms with Crippen LogP contribution in [0, 0.1) is 5.92 Å². The summed E-state index contributed by atoms with van der Waals surface area (Å²) in [5.74, 6) is 2.09. The molecule has 1 aliphatic heterocycles. The normalized spacial score (nSPS) is 21.3. The van der Waals surface area contributed by atoms with Gasteiger partial charge in [0.25, 0.3) is 0 Å². The van der Waals surface area contributed by atoms with Crippen molar-refractivity contribution >= 4 is 11.6 Å². The molecule has 26 heavy (non-hydrogen) atoms. The van der Waals surface area contributed by atoms with Gasteiger partial charge in [0.15, 0.2) is 0 Å². The Morgan fingerprint density at radius 2 is 2.04 bits per heavy atom. The van der Waals surface area contributed by atoms with E-state index in [2.05, 4.69) is 37.1 Å². The fourth-order valence-electron chi connectivity index (χ4n) is 4.06. The van der Waals surface area contributed by atoms with Crippen LogP contribution < -0.4 is 10.2 Å². The maximum atomic E-state index is 9.42. The molecule has 7 heteroatoms. The summed E-state index contributed by atoms with van der Waals surface area (Å²) >= 11 is 0. The summed E-state index contributed by atoms with van der Waals surface area (Å²) in [4.78, 5) is 11.0. The number of hydrogen-bond acceptors (Lipinski definition) is 6. The van der Waals surface area contributed by atoms with E-state index in [0.717, 1.165) is 43.3 Å². The van der Waals surface area contributed by atoms with Crippen LogP contribution in [0.5, 0.6) is 0 Å². The molecular weight excluding hydrogens is 328 g/mol. The number of aliphatic hydroxyl groups is 1. The van der Waals surface area contributed by atoms with Crippen molar-refractivity contribution in [3.05, 3.63) is 30.4 Å². The highest BCUT2D eigenvalue weighted by Gasteiger charge is 2.21. The fourth-order valence-corrected chi connectivity index (χ4v) is 4.06. The van der Waals surface area contributed by atoms with Gasteiger partial charge in [0.1, 0.15) is 18.0 Å². The third-order valence-electron chi connectivity index (χ3n) is 5.57. The van der Waals surface area contributed by atoms with Crippen LogP contribution >= 0.6 is 0 Å². The second kappa shape index (κ2) is 8.03. The van der Waals surface area contributed by atoms with E-state index >= 15 is 0 Å². The Hall–Kier alpha value is -2.15. The number of rotatable bonds is 6. The lowest BCUT2D eigenvalue weighted by Crippen LogP contribution is -2.37. The minimum Gasteiger partial charge on any atom is -0.396 e. The minimum absolute atomic E-state index is 0.246. The number of aromatic nitrogens is 4. The van der Waals surface area contributed by atoms with Crippen molar-refractivity contribution in [1.82, 2.24) is 19.7 Å². The second-order valence-corrected chi connectivity index (χ2v) is 7.48. The van der Waals surface area contributed by atoms with E-state index in [9.17, 15) is 5.11 Å². The molecule has 2 aromatic rings. The SMILES string of the molecule is OCC1CCCN(c2cc(NCc3ccn(C4CCCC4)n3)ncn2)C1. The van der Waals surface area contributed by atoms with E-state index in [-0.39, 0.29) is 6.61 Å².